The molecule has 0 amide bonds. The lowest BCUT2D eigenvalue weighted by Gasteiger charge is -2.22. The molecule has 0 aliphatic heterocycles. The first-order chi connectivity index (χ1) is 8.81. The zero-order valence-corrected chi connectivity index (χ0v) is 11.5. The molecule has 1 fully saturated rings. The predicted molar refractivity (Wildman–Crippen MR) is 77.5 cm³/mol. The maximum absolute atomic E-state index is 6.23. The van der Waals surface area contributed by atoms with Crippen LogP contribution in [0.2, 0.25) is 0 Å². The molecule has 1 unspecified atom stereocenters. The molecular formula is C16H26N2. The number of rotatable bonds is 8. The maximum atomic E-state index is 6.23. The molecule has 0 saturated heterocycles. The van der Waals surface area contributed by atoms with Crippen molar-refractivity contribution in [2.45, 2.75) is 51.1 Å². The standard InChI is InChI=1S/C16H26N2/c1-2-12-18(15-10-11-15)13-6-9-16(17)14-7-4-3-5-8-14/h3-5,7-8,15-16H,2,6,9-13,17H2,1H3. The van der Waals surface area contributed by atoms with Gasteiger partial charge in [0.25, 0.3) is 0 Å². The second-order valence-corrected chi connectivity index (χ2v) is 5.43. The molecule has 18 heavy (non-hydrogen) atoms. The highest BCUT2D eigenvalue weighted by atomic mass is 15.2. The Bertz CT molecular complexity index is 332. The smallest absolute Gasteiger partial charge is 0.0295 e. The fourth-order valence-corrected chi connectivity index (χ4v) is 2.59. The minimum atomic E-state index is 0.203. The Labute approximate surface area is 111 Å². The van der Waals surface area contributed by atoms with Gasteiger partial charge in [0.1, 0.15) is 0 Å². The second kappa shape index (κ2) is 6.91. The highest BCUT2D eigenvalue weighted by molar-refractivity contribution is 5.18. The molecule has 0 spiro atoms. The van der Waals surface area contributed by atoms with Crippen LogP contribution < -0.4 is 5.73 Å². The van der Waals surface area contributed by atoms with Crippen molar-refractivity contribution in [1.82, 2.24) is 4.90 Å². The summed E-state index contributed by atoms with van der Waals surface area (Å²) in [7, 11) is 0. The van der Waals surface area contributed by atoms with Crippen LogP contribution in [-0.2, 0) is 0 Å². The average Bonchev–Trinajstić information content (AvgIpc) is 3.23. The number of nitrogens with two attached hydrogens (primary N) is 1. The Morgan fingerprint density at radius 2 is 1.94 bits per heavy atom. The molecule has 2 rings (SSSR count). The summed E-state index contributed by atoms with van der Waals surface area (Å²) in [6.45, 7) is 4.75. The summed E-state index contributed by atoms with van der Waals surface area (Å²) in [5.41, 5.74) is 7.50. The Morgan fingerprint density at radius 1 is 1.22 bits per heavy atom. The van der Waals surface area contributed by atoms with Crippen molar-refractivity contribution >= 4 is 0 Å². The van der Waals surface area contributed by atoms with E-state index in [1.165, 1.54) is 44.3 Å². The third-order valence-corrected chi connectivity index (χ3v) is 3.76. The van der Waals surface area contributed by atoms with Crippen molar-refractivity contribution < 1.29 is 0 Å². The van der Waals surface area contributed by atoms with Crippen LogP contribution in [-0.4, -0.2) is 24.0 Å². The van der Waals surface area contributed by atoms with E-state index in [4.69, 9.17) is 5.73 Å². The molecule has 1 saturated carbocycles. The summed E-state index contributed by atoms with van der Waals surface area (Å²) in [5, 5.41) is 0. The molecule has 100 valence electrons. The van der Waals surface area contributed by atoms with E-state index < -0.39 is 0 Å². The first-order valence-corrected chi connectivity index (χ1v) is 7.36. The Morgan fingerprint density at radius 3 is 2.56 bits per heavy atom. The Hall–Kier alpha value is -0.860. The monoisotopic (exact) mass is 246 g/mol. The van der Waals surface area contributed by atoms with Crippen molar-refractivity contribution in [3.05, 3.63) is 35.9 Å². The molecule has 0 radical (unpaired) electrons. The van der Waals surface area contributed by atoms with Gasteiger partial charge in [0.2, 0.25) is 0 Å². The summed E-state index contributed by atoms with van der Waals surface area (Å²) >= 11 is 0. The molecule has 0 aromatic heterocycles. The molecule has 1 atom stereocenters. The Balaban J connectivity index is 1.70. The number of hydrogen-bond donors (Lipinski definition) is 1. The van der Waals surface area contributed by atoms with Crippen molar-refractivity contribution in [2.24, 2.45) is 5.73 Å². The number of benzene rings is 1. The average molecular weight is 246 g/mol. The van der Waals surface area contributed by atoms with Gasteiger partial charge in [-0.25, -0.2) is 0 Å². The van der Waals surface area contributed by atoms with Gasteiger partial charge in [-0.1, -0.05) is 37.3 Å². The molecule has 0 heterocycles. The molecule has 1 aromatic rings. The number of hydrogen-bond acceptors (Lipinski definition) is 2. The van der Waals surface area contributed by atoms with Gasteiger partial charge >= 0.3 is 0 Å². The SMILES string of the molecule is CCCN(CCCC(N)c1ccccc1)C1CC1. The summed E-state index contributed by atoms with van der Waals surface area (Å²) in [6.07, 6.45) is 6.39. The quantitative estimate of drug-likeness (QED) is 0.762. The number of nitrogens with zero attached hydrogens (tertiary/aromatic N) is 1. The highest BCUT2D eigenvalue weighted by Crippen LogP contribution is 2.27. The lowest BCUT2D eigenvalue weighted by atomic mass is 10.0. The molecule has 1 aliphatic carbocycles. The van der Waals surface area contributed by atoms with Crippen LogP contribution in [0.4, 0.5) is 0 Å². The van der Waals surface area contributed by atoms with E-state index in [2.05, 4.69) is 36.1 Å². The summed E-state index contributed by atoms with van der Waals surface area (Å²) in [6, 6.07) is 11.6. The molecule has 1 aromatic carbocycles. The molecule has 2 heteroatoms. The maximum Gasteiger partial charge on any atom is 0.0295 e. The fourth-order valence-electron chi connectivity index (χ4n) is 2.59. The van der Waals surface area contributed by atoms with Gasteiger partial charge in [-0.2, -0.15) is 0 Å². The minimum Gasteiger partial charge on any atom is -0.324 e. The fraction of sp³-hybridized carbons (Fsp3) is 0.625. The molecule has 1 aliphatic rings. The van der Waals surface area contributed by atoms with E-state index in [1.54, 1.807) is 0 Å². The van der Waals surface area contributed by atoms with Crippen LogP contribution in [0, 0.1) is 0 Å². The molecule has 0 bridgehead atoms. The second-order valence-electron chi connectivity index (χ2n) is 5.43. The largest absolute Gasteiger partial charge is 0.324 e. The summed E-state index contributed by atoms with van der Waals surface area (Å²) in [4.78, 5) is 2.65. The molecule has 2 N–H and O–H groups in total. The lowest BCUT2D eigenvalue weighted by molar-refractivity contribution is 0.256. The lowest BCUT2D eigenvalue weighted by Crippen LogP contribution is -2.28. The van der Waals surface area contributed by atoms with Gasteiger partial charge in [-0.15, -0.1) is 0 Å². The first-order valence-electron chi connectivity index (χ1n) is 7.36. The molecule has 2 nitrogen and oxygen atoms in total. The van der Waals surface area contributed by atoms with Gasteiger partial charge in [-0.3, -0.25) is 0 Å². The zero-order chi connectivity index (χ0) is 12.8. The topological polar surface area (TPSA) is 29.3 Å². The first kappa shape index (κ1) is 13.6. The van der Waals surface area contributed by atoms with Crippen molar-refractivity contribution in [3.8, 4) is 0 Å². The van der Waals surface area contributed by atoms with Gasteiger partial charge < -0.3 is 10.6 Å². The van der Waals surface area contributed by atoms with Crippen LogP contribution in [0.1, 0.15) is 50.6 Å². The van der Waals surface area contributed by atoms with E-state index in [9.17, 15) is 0 Å². The van der Waals surface area contributed by atoms with E-state index in [0.29, 0.717) is 0 Å². The normalized spacial score (nSPS) is 17.1. The van der Waals surface area contributed by atoms with Gasteiger partial charge in [0.05, 0.1) is 0 Å². The van der Waals surface area contributed by atoms with Gasteiger partial charge in [0, 0.05) is 12.1 Å². The van der Waals surface area contributed by atoms with Crippen LogP contribution in [0.3, 0.4) is 0 Å². The van der Waals surface area contributed by atoms with E-state index >= 15 is 0 Å². The minimum absolute atomic E-state index is 0.203. The Kier molecular flexibility index (Phi) is 5.21. The van der Waals surface area contributed by atoms with E-state index in [0.717, 1.165) is 12.5 Å². The predicted octanol–water partition coefficient (Wildman–Crippen LogP) is 3.34. The highest BCUT2D eigenvalue weighted by Gasteiger charge is 2.27. The van der Waals surface area contributed by atoms with Crippen LogP contribution in [0.5, 0.6) is 0 Å². The van der Waals surface area contributed by atoms with Gasteiger partial charge in [-0.05, 0) is 50.8 Å². The van der Waals surface area contributed by atoms with Crippen molar-refractivity contribution in [3.63, 3.8) is 0 Å². The van der Waals surface area contributed by atoms with Crippen molar-refractivity contribution in [2.75, 3.05) is 13.1 Å². The van der Waals surface area contributed by atoms with Gasteiger partial charge in [0.15, 0.2) is 0 Å². The zero-order valence-electron chi connectivity index (χ0n) is 11.5. The van der Waals surface area contributed by atoms with Crippen LogP contribution in [0.15, 0.2) is 30.3 Å². The molecular weight excluding hydrogens is 220 g/mol. The van der Waals surface area contributed by atoms with E-state index in [1.807, 2.05) is 6.07 Å². The summed E-state index contributed by atoms with van der Waals surface area (Å²) in [5.74, 6) is 0. The van der Waals surface area contributed by atoms with Crippen LogP contribution >= 0.6 is 0 Å². The van der Waals surface area contributed by atoms with Crippen LogP contribution in [0.25, 0.3) is 0 Å². The van der Waals surface area contributed by atoms with E-state index in [-0.39, 0.29) is 6.04 Å². The van der Waals surface area contributed by atoms with Crippen molar-refractivity contribution in [1.29, 1.82) is 0 Å². The summed E-state index contributed by atoms with van der Waals surface area (Å²) < 4.78 is 0. The third-order valence-electron chi connectivity index (χ3n) is 3.76. The third kappa shape index (κ3) is 4.11.